The van der Waals surface area contributed by atoms with Crippen LogP contribution in [0.4, 0.5) is 11.6 Å². The van der Waals surface area contributed by atoms with Crippen molar-refractivity contribution in [2.24, 2.45) is 5.92 Å². The number of aromatic nitrogens is 3. The first-order valence-corrected chi connectivity index (χ1v) is 12.2. The maximum absolute atomic E-state index is 12.4. The summed E-state index contributed by atoms with van der Waals surface area (Å²) >= 11 is 0. The number of carbonyl (C=O) groups is 1. The first-order valence-electron chi connectivity index (χ1n) is 12.2. The van der Waals surface area contributed by atoms with Gasteiger partial charge in [0.2, 0.25) is 5.91 Å². The van der Waals surface area contributed by atoms with E-state index in [9.17, 15) is 4.79 Å². The van der Waals surface area contributed by atoms with E-state index in [0.717, 1.165) is 35.0 Å². The summed E-state index contributed by atoms with van der Waals surface area (Å²) in [5.74, 6) is 1.93. The van der Waals surface area contributed by atoms with Crippen LogP contribution < -0.4 is 20.4 Å². The number of carbonyl (C=O) groups excluding carboxylic acids is 1. The minimum atomic E-state index is -0.623. The number of nitrogens with one attached hydrogen (secondary N) is 1. The Kier molecular flexibility index (Phi) is 6.12. The number of ether oxygens (including phenoxy) is 1. The van der Waals surface area contributed by atoms with Gasteiger partial charge in [0.25, 0.3) is 0 Å². The van der Waals surface area contributed by atoms with E-state index in [-0.39, 0.29) is 11.8 Å². The molecule has 0 spiro atoms. The molecule has 0 bridgehead atoms. The van der Waals surface area contributed by atoms with Gasteiger partial charge in [-0.1, -0.05) is 12.1 Å². The minimum Gasteiger partial charge on any atom is -0.497 e. The van der Waals surface area contributed by atoms with E-state index >= 15 is 0 Å². The molecule has 0 atom stereocenters. The Bertz CT molecular complexity index is 1280. The molecular formula is C26H32BN5O4. The van der Waals surface area contributed by atoms with Crippen LogP contribution in [0.5, 0.6) is 5.75 Å². The molecule has 0 radical (unpaired) electrons. The van der Waals surface area contributed by atoms with Gasteiger partial charge in [-0.15, -0.1) is 10.2 Å². The highest BCUT2D eigenvalue weighted by molar-refractivity contribution is 6.65. The van der Waals surface area contributed by atoms with E-state index in [1.807, 2.05) is 70.0 Å². The van der Waals surface area contributed by atoms with Gasteiger partial charge in [-0.2, -0.15) is 0 Å². The van der Waals surface area contributed by atoms with Crippen LogP contribution in [0.1, 0.15) is 46.1 Å². The normalized spacial score (nSPS) is 18.3. The molecule has 1 amide bonds. The van der Waals surface area contributed by atoms with Crippen LogP contribution in [0.3, 0.4) is 0 Å². The number of nitrogens with zero attached hydrogens (tertiary/aromatic N) is 4. The first-order chi connectivity index (χ1) is 17.1. The quantitative estimate of drug-likeness (QED) is 0.505. The van der Waals surface area contributed by atoms with Crippen LogP contribution in [0.25, 0.3) is 10.9 Å². The van der Waals surface area contributed by atoms with Gasteiger partial charge in [-0.25, -0.2) is 4.98 Å². The molecule has 1 N–H and O–H groups in total. The Morgan fingerprint density at radius 2 is 1.81 bits per heavy atom. The zero-order valence-electron chi connectivity index (χ0n) is 21.7. The van der Waals surface area contributed by atoms with Crippen LogP contribution in [-0.4, -0.2) is 53.6 Å². The molecule has 1 aromatic carbocycles. The summed E-state index contributed by atoms with van der Waals surface area (Å²) in [7, 11) is 2.99. The third kappa shape index (κ3) is 4.63. The maximum Gasteiger partial charge on any atom is 0.497 e. The summed E-state index contributed by atoms with van der Waals surface area (Å²) in [4.78, 5) is 19.2. The van der Waals surface area contributed by atoms with Gasteiger partial charge in [0.1, 0.15) is 11.3 Å². The molecule has 36 heavy (non-hydrogen) atoms. The van der Waals surface area contributed by atoms with Gasteiger partial charge in [0.05, 0.1) is 18.3 Å². The average Bonchev–Trinajstić information content (AvgIpc) is 3.65. The number of amides is 1. The molecule has 3 aromatic rings. The van der Waals surface area contributed by atoms with Crippen molar-refractivity contribution in [1.82, 2.24) is 15.2 Å². The van der Waals surface area contributed by atoms with Gasteiger partial charge < -0.3 is 24.3 Å². The van der Waals surface area contributed by atoms with Crippen molar-refractivity contribution in [3.05, 3.63) is 42.1 Å². The van der Waals surface area contributed by atoms with Crippen molar-refractivity contribution in [3.8, 4) is 5.75 Å². The lowest BCUT2D eigenvalue weighted by molar-refractivity contribution is -0.117. The highest BCUT2D eigenvalue weighted by Crippen LogP contribution is 2.37. The van der Waals surface area contributed by atoms with Crippen LogP contribution in [0.15, 0.2) is 36.5 Å². The fraction of sp³-hybridized carbons (Fsp3) is 0.462. The Hall–Kier alpha value is -3.24. The molecule has 2 fully saturated rings. The van der Waals surface area contributed by atoms with Gasteiger partial charge in [0.15, 0.2) is 11.6 Å². The van der Waals surface area contributed by atoms with Gasteiger partial charge in [0, 0.05) is 36.6 Å². The van der Waals surface area contributed by atoms with Crippen molar-refractivity contribution in [3.63, 3.8) is 0 Å². The number of hydrogen-bond acceptors (Lipinski definition) is 8. The van der Waals surface area contributed by atoms with Crippen molar-refractivity contribution >= 4 is 41.0 Å². The lowest BCUT2D eigenvalue weighted by Crippen LogP contribution is -2.41. The molecule has 0 unspecified atom stereocenters. The van der Waals surface area contributed by atoms with E-state index < -0.39 is 18.3 Å². The molecule has 2 aliphatic rings. The summed E-state index contributed by atoms with van der Waals surface area (Å²) in [5, 5.41) is 12.5. The predicted octanol–water partition coefficient (Wildman–Crippen LogP) is 3.32. The molecule has 5 rings (SSSR count). The van der Waals surface area contributed by atoms with Crippen LogP contribution in [-0.2, 0) is 20.6 Å². The molecule has 188 valence electrons. The number of hydrogen-bond donors (Lipinski definition) is 1. The summed E-state index contributed by atoms with van der Waals surface area (Å²) < 4.78 is 17.9. The summed E-state index contributed by atoms with van der Waals surface area (Å²) in [6, 6.07) is 9.76. The summed E-state index contributed by atoms with van der Waals surface area (Å²) in [6.45, 7) is 8.67. The maximum atomic E-state index is 12.4. The Labute approximate surface area is 211 Å². The second-order valence-electron chi connectivity index (χ2n) is 10.6. The summed E-state index contributed by atoms with van der Waals surface area (Å²) in [6.07, 6.45) is 3.60. The molecule has 3 heterocycles. The topological polar surface area (TPSA) is 98.7 Å². The van der Waals surface area contributed by atoms with Crippen molar-refractivity contribution < 1.29 is 18.8 Å². The van der Waals surface area contributed by atoms with Crippen molar-refractivity contribution in [1.29, 1.82) is 0 Å². The number of benzene rings is 1. The monoisotopic (exact) mass is 489 g/mol. The Morgan fingerprint density at radius 1 is 1.14 bits per heavy atom. The second-order valence-corrected chi connectivity index (χ2v) is 10.6. The fourth-order valence-corrected chi connectivity index (χ4v) is 4.19. The highest BCUT2D eigenvalue weighted by atomic mass is 16.7. The number of rotatable bonds is 7. The zero-order chi connectivity index (χ0) is 25.7. The third-order valence-corrected chi connectivity index (χ3v) is 7.29. The van der Waals surface area contributed by atoms with Crippen molar-refractivity contribution in [2.45, 2.75) is 58.3 Å². The van der Waals surface area contributed by atoms with E-state index in [2.05, 4.69) is 15.5 Å². The summed E-state index contributed by atoms with van der Waals surface area (Å²) in [5.41, 5.74) is 1.46. The fourth-order valence-electron chi connectivity index (χ4n) is 4.19. The van der Waals surface area contributed by atoms with Crippen LogP contribution in [0, 0.1) is 5.92 Å². The second kappa shape index (κ2) is 9.01. The standard InChI is InChI=1S/C26H32BN5O4/c1-25(2)26(3,4)36-27(35-25)20-14-28-23(32(5)15-16-7-11-18(34-6)12-8-16)22-19(20)13-21(30-31-22)29-24(33)17-9-10-17/h7-8,11-14,17H,9-10,15H2,1-6H3,(H,29,30,33). The number of pyridine rings is 1. The third-order valence-electron chi connectivity index (χ3n) is 7.29. The molecule has 1 aliphatic carbocycles. The average molecular weight is 489 g/mol. The van der Waals surface area contributed by atoms with Gasteiger partial charge in [-0.3, -0.25) is 4.79 Å². The Balaban J connectivity index is 1.52. The number of anilines is 2. The SMILES string of the molecule is COc1ccc(CN(C)c2ncc(B3OC(C)(C)C(C)(C)O3)c3cc(NC(=O)C4CC4)nnc23)cc1. The smallest absolute Gasteiger partial charge is 0.497 e. The zero-order valence-corrected chi connectivity index (χ0v) is 21.7. The molecule has 1 saturated carbocycles. The molecule has 2 aromatic heterocycles. The van der Waals surface area contributed by atoms with Gasteiger partial charge >= 0.3 is 7.12 Å². The minimum absolute atomic E-state index is 0.0215. The highest BCUT2D eigenvalue weighted by Gasteiger charge is 2.52. The predicted molar refractivity (Wildman–Crippen MR) is 140 cm³/mol. The van der Waals surface area contributed by atoms with E-state index in [0.29, 0.717) is 23.7 Å². The molecule has 1 saturated heterocycles. The lowest BCUT2D eigenvalue weighted by atomic mass is 9.78. The van der Waals surface area contributed by atoms with E-state index in [1.165, 1.54) is 0 Å². The molecule has 1 aliphatic heterocycles. The molecule has 10 heteroatoms. The van der Waals surface area contributed by atoms with Gasteiger partial charge in [-0.05, 0) is 64.3 Å². The van der Waals surface area contributed by atoms with Crippen molar-refractivity contribution in [2.75, 3.05) is 24.4 Å². The van der Waals surface area contributed by atoms with Crippen LogP contribution in [0.2, 0.25) is 0 Å². The first kappa shape index (κ1) is 24.5. The van der Waals surface area contributed by atoms with E-state index in [1.54, 1.807) is 13.3 Å². The molecular weight excluding hydrogens is 457 g/mol. The van der Waals surface area contributed by atoms with Crippen LogP contribution >= 0.6 is 0 Å². The van der Waals surface area contributed by atoms with E-state index in [4.69, 9.17) is 19.0 Å². The lowest BCUT2D eigenvalue weighted by Gasteiger charge is -2.32. The Morgan fingerprint density at radius 3 is 2.42 bits per heavy atom. The largest absolute Gasteiger partial charge is 0.497 e. The molecule has 9 nitrogen and oxygen atoms in total. The number of methoxy groups -OCH3 is 1. The number of fused-ring (bicyclic) bond motifs is 1.